The van der Waals surface area contributed by atoms with Crippen LogP contribution < -0.4 is 5.32 Å². The summed E-state index contributed by atoms with van der Waals surface area (Å²) in [5, 5.41) is 5.07. The highest BCUT2D eigenvalue weighted by Gasteiger charge is 2.13. The topological polar surface area (TPSA) is 42.0 Å². The first kappa shape index (κ1) is 16.7. The van der Waals surface area contributed by atoms with E-state index < -0.39 is 0 Å². The molecule has 3 aromatic rings. The molecule has 122 valence electrons. The predicted octanol–water partition coefficient (Wildman–Crippen LogP) is 5.30. The highest BCUT2D eigenvalue weighted by molar-refractivity contribution is 7.98. The predicted molar refractivity (Wildman–Crippen MR) is 102 cm³/mol. The molecule has 0 bridgehead atoms. The fourth-order valence-electron chi connectivity index (χ4n) is 2.30. The van der Waals surface area contributed by atoms with Gasteiger partial charge in [0.25, 0.3) is 5.91 Å². The van der Waals surface area contributed by atoms with Crippen LogP contribution in [0.3, 0.4) is 0 Å². The Morgan fingerprint density at radius 3 is 2.83 bits per heavy atom. The second-order valence-corrected chi connectivity index (χ2v) is 7.27. The van der Waals surface area contributed by atoms with E-state index in [0.717, 1.165) is 33.2 Å². The molecular weight excluding hydrogens is 336 g/mol. The molecule has 0 radical (unpaired) electrons. The maximum atomic E-state index is 12.7. The van der Waals surface area contributed by atoms with E-state index in [1.54, 1.807) is 23.1 Å². The molecule has 0 fully saturated rings. The number of thiazole rings is 1. The number of anilines is 1. The smallest absolute Gasteiger partial charge is 0.256 e. The molecule has 2 aromatic carbocycles. The minimum Gasteiger partial charge on any atom is -0.322 e. The lowest BCUT2D eigenvalue weighted by atomic mass is 10.1. The molecule has 24 heavy (non-hydrogen) atoms. The van der Waals surface area contributed by atoms with E-state index in [1.165, 1.54) is 0 Å². The van der Waals surface area contributed by atoms with Gasteiger partial charge in [0.15, 0.2) is 0 Å². The third kappa shape index (κ3) is 4.04. The normalized spacial score (nSPS) is 10.6. The number of carbonyl (C=O) groups excluding carboxylic acids is 1. The maximum Gasteiger partial charge on any atom is 0.256 e. The Bertz CT molecular complexity index is 844. The van der Waals surface area contributed by atoms with Gasteiger partial charge in [-0.25, -0.2) is 4.98 Å². The van der Waals surface area contributed by atoms with Crippen molar-refractivity contribution in [2.24, 2.45) is 0 Å². The van der Waals surface area contributed by atoms with Gasteiger partial charge < -0.3 is 5.32 Å². The van der Waals surface area contributed by atoms with Crippen LogP contribution in [-0.2, 0) is 5.75 Å². The molecule has 0 atom stereocenters. The van der Waals surface area contributed by atoms with Gasteiger partial charge in [-0.3, -0.25) is 4.79 Å². The van der Waals surface area contributed by atoms with Gasteiger partial charge in [0, 0.05) is 21.7 Å². The molecule has 0 aliphatic carbocycles. The zero-order valence-corrected chi connectivity index (χ0v) is 15.2. The molecule has 5 heteroatoms. The van der Waals surface area contributed by atoms with Gasteiger partial charge in [0.05, 0.1) is 16.8 Å². The number of nitrogens with one attached hydrogen (secondary N) is 1. The molecule has 0 saturated carbocycles. The molecule has 0 aliphatic rings. The molecule has 0 aliphatic heterocycles. The van der Waals surface area contributed by atoms with E-state index >= 15 is 0 Å². The van der Waals surface area contributed by atoms with E-state index in [0.29, 0.717) is 5.56 Å². The van der Waals surface area contributed by atoms with Gasteiger partial charge in [0.1, 0.15) is 0 Å². The summed E-state index contributed by atoms with van der Waals surface area (Å²) in [6.45, 7) is 4.02. The van der Waals surface area contributed by atoms with Gasteiger partial charge in [-0.2, -0.15) is 0 Å². The van der Waals surface area contributed by atoms with Crippen LogP contribution in [0.15, 0.2) is 58.3 Å². The van der Waals surface area contributed by atoms with Crippen LogP contribution in [-0.4, -0.2) is 10.9 Å². The molecule has 0 unspecified atom stereocenters. The second kappa shape index (κ2) is 7.64. The first-order chi connectivity index (χ1) is 11.6. The molecule has 0 spiro atoms. The van der Waals surface area contributed by atoms with Gasteiger partial charge in [-0.1, -0.05) is 24.3 Å². The fourth-order valence-corrected chi connectivity index (χ4v) is 3.92. The molecule has 1 amide bonds. The Morgan fingerprint density at radius 1 is 1.21 bits per heavy atom. The highest BCUT2D eigenvalue weighted by Crippen LogP contribution is 2.27. The van der Waals surface area contributed by atoms with Crippen LogP contribution in [0.2, 0.25) is 0 Å². The van der Waals surface area contributed by atoms with Crippen LogP contribution in [0.4, 0.5) is 5.69 Å². The van der Waals surface area contributed by atoms with E-state index in [9.17, 15) is 4.79 Å². The van der Waals surface area contributed by atoms with Crippen molar-refractivity contribution in [1.82, 2.24) is 4.98 Å². The average molecular weight is 355 g/mol. The van der Waals surface area contributed by atoms with E-state index in [-0.39, 0.29) is 5.91 Å². The van der Waals surface area contributed by atoms with E-state index in [2.05, 4.69) is 10.3 Å². The maximum absolute atomic E-state index is 12.7. The monoisotopic (exact) mass is 354 g/mol. The minimum atomic E-state index is -0.0786. The number of thioether (sulfide) groups is 1. The van der Waals surface area contributed by atoms with Crippen molar-refractivity contribution in [3.8, 4) is 0 Å². The summed E-state index contributed by atoms with van der Waals surface area (Å²) < 4.78 is 0. The molecule has 3 rings (SSSR count). The molecule has 1 N–H and O–H groups in total. The largest absolute Gasteiger partial charge is 0.322 e. The van der Waals surface area contributed by atoms with Crippen LogP contribution >= 0.6 is 23.1 Å². The van der Waals surface area contributed by atoms with Crippen molar-refractivity contribution in [2.75, 3.05) is 5.32 Å². The van der Waals surface area contributed by atoms with E-state index in [4.69, 9.17) is 0 Å². The Morgan fingerprint density at radius 2 is 2.04 bits per heavy atom. The SMILES string of the molecule is Cc1ccc(C)c(NC(=O)c2ccccc2SCc2cscn2)c1. The van der Waals surface area contributed by atoms with Gasteiger partial charge in [-0.15, -0.1) is 23.1 Å². The lowest BCUT2D eigenvalue weighted by molar-refractivity contribution is 0.102. The number of benzene rings is 2. The molecule has 0 saturated heterocycles. The van der Waals surface area contributed by atoms with Gasteiger partial charge >= 0.3 is 0 Å². The molecular formula is C19H18N2OS2. The minimum absolute atomic E-state index is 0.0786. The summed E-state index contributed by atoms with van der Waals surface area (Å²) in [6.07, 6.45) is 0. The van der Waals surface area contributed by atoms with Gasteiger partial charge in [-0.05, 0) is 43.2 Å². The number of carbonyl (C=O) groups is 1. The Balaban J connectivity index is 1.78. The number of amides is 1. The van der Waals surface area contributed by atoms with E-state index in [1.807, 2.05) is 67.2 Å². The summed E-state index contributed by atoms with van der Waals surface area (Å²) in [5.74, 6) is 0.683. The van der Waals surface area contributed by atoms with Crippen LogP contribution in [0.1, 0.15) is 27.2 Å². The number of rotatable bonds is 5. The first-order valence-corrected chi connectivity index (χ1v) is 9.54. The van der Waals surface area contributed by atoms with Gasteiger partial charge in [0.2, 0.25) is 0 Å². The van der Waals surface area contributed by atoms with Crippen LogP contribution in [0, 0.1) is 13.8 Å². The lowest BCUT2D eigenvalue weighted by Gasteiger charge is -2.12. The first-order valence-electron chi connectivity index (χ1n) is 7.61. The van der Waals surface area contributed by atoms with Crippen LogP contribution in [0.25, 0.3) is 0 Å². The number of hydrogen-bond acceptors (Lipinski definition) is 4. The lowest BCUT2D eigenvalue weighted by Crippen LogP contribution is -2.14. The summed E-state index contributed by atoms with van der Waals surface area (Å²) >= 11 is 3.22. The van der Waals surface area contributed by atoms with Crippen molar-refractivity contribution in [3.05, 3.63) is 75.7 Å². The van der Waals surface area contributed by atoms with Crippen molar-refractivity contribution < 1.29 is 4.79 Å². The quantitative estimate of drug-likeness (QED) is 0.632. The third-order valence-electron chi connectivity index (χ3n) is 3.63. The zero-order chi connectivity index (χ0) is 16.9. The van der Waals surface area contributed by atoms with Crippen LogP contribution in [0.5, 0.6) is 0 Å². The standard InChI is InChI=1S/C19H18N2OS2/c1-13-7-8-14(2)17(9-13)21-19(22)16-5-3-4-6-18(16)24-11-15-10-23-12-20-15/h3-10,12H,11H2,1-2H3,(H,21,22). The molecule has 1 heterocycles. The second-order valence-electron chi connectivity index (χ2n) is 5.54. The summed E-state index contributed by atoms with van der Waals surface area (Å²) in [7, 11) is 0. The summed E-state index contributed by atoms with van der Waals surface area (Å²) in [5.41, 5.74) is 6.60. The number of nitrogens with zero attached hydrogens (tertiary/aromatic N) is 1. The number of aryl methyl sites for hydroxylation is 2. The van der Waals surface area contributed by atoms with Crippen molar-refractivity contribution >= 4 is 34.7 Å². The molecule has 1 aromatic heterocycles. The average Bonchev–Trinajstić information content (AvgIpc) is 3.10. The highest BCUT2D eigenvalue weighted by atomic mass is 32.2. The number of aromatic nitrogens is 1. The van der Waals surface area contributed by atoms with Crippen molar-refractivity contribution in [2.45, 2.75) is 24.5 Å². The van der Waals surface area contributed by atoms with Crippen molar-refractivity contribution in [1.29, 1.82) is 0 Å². The van der Waals surface area contributed by atoms with Crippen molar-refractivity contribution in [3.63, 3.8) is 0 Å². The third-order valence-corrected chi connectivity index (χ3v) is 5.37. The summed E-state index contributed by atoms with van der Waals surface area (Å²) in [4.78, 5) is 18.0. The zero-order valence-electron chi connectivity index (χ0n) is 13.6. The Labute approximate surface area is 150 Å². The molecule has 3 nitrogen and oxygen atoms in total. The fraction of sp³-hybridized carbons (Fsp3) is 0.158. The Hall–Kier alpha value is -2.11. The summed E-state index contributed by atoms with van der Waals surface area (Å²) in [6, 6.07) is 13.8. The Kier molecular flexibility index (Phi) is 5.33. The number of hydrogen-bond donors (Lipinski definition) is 1.